The topological polar surface area (TPSA) is 59.2 Å². The summed E-state index contributed by atoms with van der Waals surface area (Å²) < 4.78 is 28.3. The Labute approximate surface area is 138 Å². The number of rotatable bonds is 5. The molecular formula is C15H20F2N6O. The Morgan fingerprint density at radius 3 is 2.92 bits per heavy atom. The number of halogens is 2. The first kappa shape index (κ1) is 16.6. The first-order valence-electron chi connectivity index (χ1n) is 7.77. The zero-order valence-corrected chi connectivity index (χ0v) is 13.6. The SMILES string of the molecule is CN(Cc1nccn1C(F)F)[C@@H]1CCCN(c2cnn(C)c2)C1=O. The van der Waals surface area contributed by atoms with Crippen LogP contribution < -0.4 is 4.90 Å². The first-order chi connectivity index (χ1) is 11.5. The highest BCUT2D eigenvalue weighted by Crippen LogP contribution is 2.24. The van der Waals surface area contributed by atoms with E-state index in [1.165, 1.54) is 12.4 Å². The van der Waals surface area contributed by atoms with Crippen LogP contribution in [0, 0.1) is 0 Å². The molecular weight excluding hydrogens is 318 g/mol. The van der Waals surface area contributed by atoms with Gasteiger partial charge in [-0.05, 0) is 19.9 Å². The third-order valence-corrected chi connectivity index (χ3v) is 4.30. The van der Waals surface area contributed by atoms with E-state index in [9.17, 15) is 13.6 Å². The van der Waals surface area contributed by atoms with E-state index in [0.29, 0.717) is 13.0 Å². The van der Waals surface area contributed by atoms with Crippen molar-refractivity contribution >= 4 is 11.6 Å². The molecule has 130 valence electrons. The fourth-order valence-electron chi connectivity index (χ4n) is 3.05. The van der Waals surface area contributed by atoms with Crippen molar-refractivity contribution in [1.82, 2.24) is 24.2 Å². The van der Waals surface area contributed by atoms with Crippen LogP contribution in [-0.2, 0) is 18.4 Å². The van der Waals surface area contributed by atoms with Crippen LogP contribution in [0.1, 0.15) is 25.2 Å². The molecule has 7 nitrogen and oxygen atoms in total. The second kappa shape index (κ2) is 6.68. The number of imidazole rings is 1. The number of hydrogen-bond donors (Lipinski definition) is 0. The van der Waals surface area contributed by atoms with Crippen LogP contribution in [0.2, 0.25) is 0 Å². The normalized spacial score (nSPS) is 18.8. The Bertz CT molecular complexity index is 712. The van der Waals surface area contributed by atoms with E-state index >= 15 is 0 Å². The van der Waals surface area contributed by atoms with Gasteiger partial charge in [0.15, 0.2) is 0 Å². The number of nitrogens with zero attached hydrogens (tertiary/aromatic N) is 6. The van der Waals surface area contributed by atoms with Crippen molar-refractivity contribution in [2.24, 2.45) is 7.05 Å². The van der Waals surface area contributed by atoms with Crippen molar-refractivity contribution in [3.63, 3.8) is 0 Å². The van der Waals surface area contributed by atoms with E-state index in [2.05, 4.69) is 10.1 Å². The number of alkyl halides is 2. The largest absolute Gasteiger partial charge is 0.319 e. The van der Waals surface area contributed by atoms with Crippen molar-refractivity contribution in [3.05, 3.63) is 30.6 Å². The summed E-state index contributed by atoms with van der Waals surface area (Å²) in [6.07, 6.45) is 7.59. The number of hydrogen-bond acceptors (Lipinski definition) is 4. The van der Waals surface area contributed by atoms with Crippen molar-refractivity contribution in [2.75, 3.05) is 18.5 Å². The summed E-state index contributed by atoms with van der Waals surface area (Å²) in [4.78, 5) is 20.3. The summed E-state index contributed by atoms with van der Waals surface area (Å²) in [6.45, 7) is -1.81. The van der Waals surface area contributed by atoms with Gasteiger partial charge in [0.25, 0.3) is 0 Å². The molecule has 1 aliphatic rings. The molecule has 3 rings (SSSR count). The Hall–Kier alpha value is -2.29. The lowest BCUT2D eigenvalue weighted by molar-refractivity contribution is -0.125. The summed E-state index contributed by atoms with van der Waals surface area (Å²) in [6, 6.07) is -0.359. The van der Waals surface area contributed by atoms with Gasteiger partial charge in [0, 0.05) is 32.2 Å². The molecule has 0 spiro atoms. The van der Waals surface area contributed by atoms with E-state index < -0.39 is 6.55 Å². The van der Waals surface area contributed by atoms with Gasteiger partial charge in [-0.3, -0.25) is 18.9 Å². The molecule has 2 aromatic heterocycles. The number of piperidine rings is 1. The standard InChI is InChI=1S/C15H20F2N6O/c1-20(10-13-18-5-7-23(13)15(16)17)12-4-3-6-22(14(12)24)11-8-19-21(2)9-11/h5,7-9,12,15H,3-4,6,10H2,1-2H3/t12-/m1/s1. The molecule has 0 bridgehead atoms. The van der Waals surface area contributed by atoms with Crippen LogP contribution in [-0.4, -0.2) is 49.8 Å². The second-order valence-corrected chi connectivity index (χ2v) is 5.96. The predicted octanol–water partition coefficient (Wildman–Crippen LogP) is 1.64. The highest BCUT2D eigenvalue weighted by atomic mass is 19.3. The van der Waals surface area contributed by atoms with Crippen molar-refractivity contribution in [2.45, 2.75) is 32.0 Å². The third-order valence-electron chi connectivity index (χ3n) is 4.30. The summed E-state index contributed by atoms with van der Waals surface area (Å²) >= 11 is 0. The molecule has 0 aromatic carbocycles. The highest BCUT2D eigenvalue weighted by molar-refractivity contribution is 5.97. The molecule has 0 N–H and O–H groups in total. The van der Waals surface area contributed by atoms with Gasteiger partial charge in [-0.25, -0.2) is 4.98 Å². The molecule has 0 aliphatic carbocycles. The predicted molar refractivity (Wildman–Crippen MR) is 83.5 cm³/mol. The van der Waals surface area contributed by atoms with E-state index in [1.54, 1.807) is 41.0 Å². The molecule has 3 heterocycles. The molecule has 2 aromatic rings. The number of carbonyl (C=O) groups is 1. The first-order valence-corrected chi connectivity index (χ1v) is 7.77. The maximum absolute atomic E-state index is 12.9. The molecule has 24 heavy (non-hydrogen) atoms. The van der Waals surface area contributed by atoms with Gasteiger partial charge in [-0.2, -0.15) is 13.9 Å². The van der Waals surface area contributed by atoms with E-state index in [1.807, 2.05) is 0 Å². The number of likely N-dealkylation sites (N-methyl/N-ethyl adjacent to an activating group) is 1. The van der Waals surface area contributed by atoms with Gasteiger partial charge in [0.05, 0.1) is 24.5 Å². The van der Waals surface area contributed by atoms with Gasteiger partial charge < -0.3 is 4.90 Å². The lowest BCUT2D eigenvalue weighted by Crippen LogP contribution is -2.51. The van der Waals surface area contributed by atoms with E-state index in [-0.39, 0.29) is 24.3 Å². The third kappa shape index (κ3) is 3.16. The average Bonchev–Trinajstić information content (AvgIpc) is 3.16. The van der Waals surface area contributed by atoms with E-state index in [0.717, 1.165) is 16.7 Å². The van der Waals surface area contributed by atoms with Crippen molar-refractivity contribution < 1.29 is 13.6 Å². The maximum atomic E-state index is 12.9. The van der Waals surface area contributed by atoms with Gasteiger partial charge in [0.2, 0.25) is 5.91 Å². The molecule has 1 fully saturated rings. The molecule has 9 heteroatoms. The summed E-state index contributed by atoms with van der Waals surface area (Å²) in [5.41, 5.74) is 0.759. The Morgan fingerprint density at radius 2 is 2.25 bits per heavy atom. The van der Waals surface area contributed by atoms with Gasteiger partial charge >= 0.3 is 6.55 Å². The second-order valence-electron chi connectivity index (χ2n) is 5.96. The smallest absolute Gasteiger partial charge is 0.308 e. The summed E-state index contributed by atoms with van der Waals surface area (Å²) in [5.74, 6) is 0.214. The van der Waals surface area contributed by atoms with Crippen LogP contribution in [0.15, 0.2) is 24.8 Å². The molecule has 1 amide bonds. The lowest BCUT2D eigenvalue weighted by atomic mass is 10.0. The van der Waals surface area contributed by atoms with Crippen LogP contribution >= 0.6 is 0 Å². The number of anilines is 1. The van der Waals surface area contributed by atoms with Crippen molar-refractivity contribution in [1.29, 1.82) is 0 Å². The van der Waals surface area contributed by atoms with E-state index in [4.69, 9.17) is 0 Å². The quantitative estimate of drug-likeness (QED) is 0.832. The highest BCUT2D eigenvalue weighted by Gasteiger charge is 2.33. The minimum Gasteiger partial charge on any atom is -0.308 e. The number of amides is 1. The van der Waals surface area contributed by atoms with Crippen LogP contribution in [0.4, 0.5) is 14.5 Å². The number of aryl methyl sites for hydroxylation is 1. The Morgan fingerprint density at radius 1 is 1.46 bits per heavy atom. The summed E-state index contributed by atoms with van der Waals surface area (Å²) in [7, 11) is 3.56. The van der Waals surface area contributed by atoms with Crippen molar-refractivity contribution in [3.8, 4) is 0 Å². The minimum atomic E-state index is -2.63. The molecule has 1 saturated heterocycles. The van der Waals surface area contributed by atoms with Gasteiger partial charge in [-0.15, -0.1) is 0 Å². The monoisotopic (exact) mass is 338 g/mol. The molecule has 0 saturated carbocycles. The molecule has 0 unspecified atom stereocenters. The van der Waals surface area contributed by atoms with Crippen LogP contribution in [0.25, 0.3) is 0 Å². The van der Waals surface area contributed by atoms with Crippen LogP contribution in [0.3, 0.4) is 0 Å². The molecule has 0 radical (unpaired) electrons. The number of carbonyl (C=O) groups excluding carboxylic acids is 1. The zero-order valence-electron chi connectivity index (χ0n) is 13.6. The van der Waals surface area contributed by atoms with Gasteiger partial charge in [-0.1, -0.05) is 0 Å². The average molecular weight is 338 g/mol. The zero-order chi connectivity index (χ0) is 17.3. The fraction of sp³-hybridized carbons (Fsp3) is 0.533. The molecule has 1 aliphatic heterocycles. The maximum Gasteiger partial charge on any atom is 0.319 e. The fourth-order valence-corrected chi connectivity index (χ4v) is 3.05. The molecule has 1 atom stereocenters. The number of aromatic nitrogens is 4. The van der Waals surface area contributed by atoms with Gasteiger partial charge in [0.1, 0.15) is 5.82 Å². The lowest BCUT2D eigenvalue weighted by Gasteiger charge is -2.36. The summed E-state index contributed by atoms with van der Waals surface area (Å²) in [5, 5.41) is 4.10. The minimum absolute atomic E-state index is 0.0353. The van der Waals surface area contributed by atoms with Crippen LogP contribution in [0.5, 0.6) is 0 Å². The Balaban J connectivity index is 1.73. The Kier molecular flexibility index (Phi) is 4.61.